The maximum Gasteiger partial charge on any atom is 0.266 e. The summed E-state index contributed by atoms with van der Waals surface area (Å²) in [6, 6.07) is 3.18. The molecule has 0 saturated heterocycles. The Morgan fingerprint density at radius 1 is 1.47 bits per heavy atom. The zero-order valence-electron chi connectivity index (χ0n) is 9.01. The maximum absolute atomic E-state index is 12.0. The molecular formula is C9H11N5O2S. The fraction of sp³-hybridized carbons (Fsp3) is 0.111. The van der Waals surface area contributed by atoms with Gasteiger partial charge in [0.15, 0.2) is 5.82 Å². The molecule has 0 bridgehead atoms. The first-order valence-corrected chi connectivity index (χ1v) is 6.22. The molecule has 2 aromatic rings. The first kappa shape index (κ1) is 11.4. The third-order valence-electron chi connectivity index (χ3n) is 2.14. The van der Waals surface area contributed by atoms with Crippen molar-refractivity contribution in [3.63, 3.8) is 0 Å². The molecule has 0 atom stereocenters. The second-order valence-corrected chi connectivity index (χ2v) is 5.06. The van der Waals surface area contributed by atoms with Gasteiger partial charge in [0.2, 0.25) is 0 Å². The Morgan fingerprint density at radius 2 is 2.24 bits per heavy atom. The number of nitrogens with zero attached hydrogens (tertiary/aromatic N) is 2. The van der Waals surface area contributed by atoms with Crippen LogP contribution in [0.4, 0.5) is 11.5 Å². The summed E-state index contributed by atoms with van der Waals surface area (Å²) in [5, 5.41) is 6.21. The monoisotopic (exact) mass is 253 g/mol. The molecule has 2 aromatic heterocycles. The minimum Gasteiger partial charge on any atom is -0.396 e. The summed E-state index contributed by atoms with van der Waals surface area (Å²) in [6.07, 6.45) is 2.69. The lowest BCUT2D eigenvalue weighted by molar-refractivity contribution is 0.600. The minimum absolute atomic E-state index is 0.0718. The van der Waals surface area contributed by atoms with Crippen LogP contribution >= 0.6 is 0 Å². The molecule has 0 radical (unpaired) electrons. The van der Waals surface area contributed by atoms with Crippen LogP contribution < -0.4 is 10.5 Å². The summed E-state index contributed by atoms with van der Waals surface area (Å²) >= 11 is 0. The Hall–Kier alpha value is -2.09. The molecule has 2 heterocycles. The SMILES string of the molecule is Cc1[nH]ncc1S(=O)(=O)Nc1ncccc1N. The van der Waals surface area contributed by atoms with Gasteiger partial charge in [0, 0.05) is 6.20 Å². The summed E-state index contributed by atoms with van der Waals surface area (Å²) in [7, 11) is -3.71. The first-order valence-electron chi connectivity index (χ1n) is 4.74. The van der Waals surface area contributed by atoms with Crippen LogP contribution in [-0.2, 0) is 10.0 Å². The van der Waals surface area contributed by atoms with Crippen molar-refractivity contribution in [2.75, 3.05) is 10.5 Å². The van der Waals surface area contributed by atoms with Crippen LogP contribution in [0.15, 0.2) is 29.4 Å². The number of H-pyrrole nitrogens is 1. The van der Waals surface area contributed by atoms with Gasteiger partial charge in [-0.2, -0.15) is 5.10 Å². The van der Waals surface area contributed by atoms with Gasteiger partial charge in [-0.1, -0.05) is 0 Å². The van der Waals surface area contributed by atoms with Crippen molar-refractivity contribution in [3.05, 3.63) is 30.2 Å². The molecular weight excluding hydrogens is 242 g/mol. The highest BCUT2D eigenvalue weighted by atomic mass is 32.2. The lowest BCUT2D eigenvalue weighted by atomic mass is 10.4. The van der Waals surface area contributed by atoms with E-state index in [1.165, 1.54) is 12.4 Å². The van der Waals surface area contributed by atoms with Crippen LogP contribution in [0.5, 0.6) is 0 Å². The van der Waals surface area contributed by atoms with Gasteiger partial charge in [0.25, 0.3) is 10.0 Å². The van der Waals surface area contributed by atoms with E-state index in [4.69, 9.17) is 5.73 Å². The number of aromatic amines is 1. The van der Waals surface area contributed by atoms with Gasteiger partial charge >= 0.3 is 0 Å². The van der Waals surface area contributed by atoms with Gasteiger partial charge in [-0.3, -0.25) is 9.82 Å². The highest BCUT2D eigenvalue weighted by molar-refractivity contribution is 7.92. The average Bonchev–Trinajstić information content (AvgIpc) is 2.68. The van der Waals surface area contributed by atoms with E-state index in [-0.39, 0.29) is 16.4 Å². The number of hydrogen-bond donors (Lipinski definition) is 3. The van der Waals surface area contributed by atoms with Gasteiger partial charge in [0.05, 0.1) is 17.6 Å². The lowest BCUT2D eigenvalue weighted by Gasteiger charge is -2.07. The van der Waals surface area contributed by atoms with E-state index < -0.39 is 10.0 Å². The third-order valence-corrected chi connectivity index (χ3v) is 3.60. The van der Waals surface area contributed by atoms with Crippen LogP contribution in [0.3, 0.4) is 0 Å². The zero-order chi connectivity index (χ0) is 12.5. The van der Waals surface area contributed by atoms with Crippen molar-refractivity contribution < 1.29 is 8.42 Å². The van der Waals surface area contributed by atoms with Gasteiger partial charge in [-0.15, -0.1) is 0 Å². The van der Waals surface area contributed by atoms with E-state index in [1.807, 2.05) is 0 Å². The number of aromatic nitrogens is 3. The highest BCUT2D eigenvalue weighted by Crippen LogP contribution is 2.19. The third kappa shape index (κ3) is 2.21. The van der Waals surface area contributed by atoms with Crippen LogP contribution in [0.1, 0.15) is 5.69 Å². The number of nitrogens with two attached hydrogens (primary N) is 1. The fourth-order valence-electron chi connectivity index (χ4n) is 1.30. The fourth-order valence-corrected chi connectivity index (χ4v) is 2.47. The molecule has 4 N–H and O–H groups in total. The number of hydrogen-bond acceptors (Lipinski definition) is 5. The van der Waals surface area contributed by atoms with Crippen LogP contribution in [0.2, 0.25) is 0 Å². The zero-order valence-corrected chi connectivity index (χ0v) is 9.82. The maximum atomic E-state index is 12.0. The summed E-state index contributed by atoms with van der Waals surface area (Å²) in [4.78, 5) is 3.93. The van der Waals surface area contributed by atoms with E-state index in [2.05, 4.69) is 19.9 Å². The molecule has 0 aliphatic rings. The Kier molecular flexibility index (Phi) is 2.72. The van der Waals surface area contributed by atoms with Gasteiger partial charge in [-0.05, 0) is 19.1 Å². The molecule has 0 aliphatic heterocycles. The molecule has 0 aromatic carbocycles. The minimum atomic E-state index is -3.71. The summed E-state index contributed by atoms with van der Waals surface area (Å²) in [5.74, 6) is 0.105. The number of anilines is 2. The standard InChI is InChI=1S/C9H11N5O2S/c1-6-8(5-12-13-6)17(15,16)14-9-7(10)3-2-4-11-9/h2-5H,10H2,1H3,(H,11,14)(H,12,13). The molecule has 0 fully saturated rings. The normalized spacial score (nSPS) is 11.4. The number of nitrogens with one attached hydrogen (secondary N) is 2. The van der Waals surface area contributed by atoms with Crippen molar-refractivity contribution >= 4 is 21.5 Å². The van der Waals surface area contributed by atoms with Crippen molar-refractivity contribution in [1.82, 2.24) is 15.2 Å². The van der Waals surface area contributed by atoms with Crippen molar-refractivity contribution in [2.45, 2.75) is 11.8 Å². The second kappa shape index (κ2) is 4.06. The van der Waals surface area contributed by atoms with E-state index in [1.54, 1.807) is 19.1 Å². The molecule has 7 nitrogen and oxygen atoms in total. The summed E-state index contributed by atoms with van der Waals surface area (Å²) in [5.41, 5.74) is 6.32. The molecule has 90 valence electrons. The van der Waals surface area contributed by atoms with Crippen LogP contribution in [-0.4, -0.2) is 23.6 Å². The molecule has 17 heavy (non-hydrogen) atoms. The van der Waals surface area contributed by atoms with Crippen molar-refractivity contribution in [1.29, 1.82) is 0 Å². The van der Waals surface area contributed by atoms with E-state index in [9.17, 15) is 8.42 Å². The molecule has 2 rings (SSSR count). The molecule has 0 amide bonds. The van der Waals surface area contributed by atoms with Gasteiger partial charge in [-0.25, -0.2) is 13.4 Å². The predicted octanol–water partition coefficient (Wildman–Crippen LogP) is 0.496. The number of aryl methyl sites for hydroxylation is 1. The van der Waals surface area contributed by atoms with Gasteiger partial charge < -0.3 is 5.73 Å². The molecule has 8 heteroatoms. The molecule has 0 unspecified atom stereocenters. The Balaban J connectivity index is 2.37. The molecule has 0 saturated carbocycles. The number of sulfonamides is 1. The number of rotatable bonds is 3. The summed E-state index contributed by atoms with van der Waals surface area (Å²) in [6.45, 7) is 1.61. The van der Waals surface area contributed by atoms with E-state index >= 15 is 0 Å². The predicted molar refractivity (Wildman–Crippen MR) is 62.8 cm³/mol. The van der Waals surface area contributed by atoms with Crippen molar-refractivity contribution in [3.8, 4) is 0 Å². The Labute approximate surface area is 98.1 Å². The first-order chi connectivity index (χ1) is 8.00. The van der Waals surface area contributed by atoms with E-state index in [0.717, 1.165) is 0 Å². The van der Waals surface area contributed by atoms with Crippen LogP contribution in [0.25, 0.3) is 0 Å². The van der Waals surface area contributed by atoms with Crippen molar-refractivity contribution in [2.24, 2.45) is 0 Å². The quantitative estimate of drug-likeness (QED) is 0.736. The number of pyridine rings is 1. The lowest BCUT2D eigenvalue weighted by Crippen LogP contribution is -2.15. The molecule has 0 spiro atoms. The second-order valence-electron chi connectivity index (χ2n) is 3.41. The summed E-state index contributed by atoms with van der Waals surface area (Å²) < 4.78 is 26.2. The largest absolute Gasteiger partial charge is 0.396 e. The molecule has 0 aliphatic carbocycles. The highest BCUT2D eigenvalue weighted by Gasteiger charge is 2.19. The van der Waals surface area contributed by atoms with Crippen LogP contribution in [0, 0.1) is 6.92 Å². The average molecular weight is 253 g/mol. The Bertz CT molecular complexity index is 634. The Morgan fingerprint density at radius 3 is 2.82 bits per heavy atom. The topological polar surface area (TPSA) is 114 Å². The van der Waals surface area contributed by atoms with E-state index in [0.29, 0.717) is 5.69 Å². The number of nitrogen functional groups attached to an aromatic ring is 1. The van der Waals surface area contributed by atoms with Gasteiger partial charge in [0.1, 0.15) is 4.90 Å². The smallest absolute Gasteiger partial charge is 0.266 e.